The van der Waals surface area contributed by atoms with Gasteiger partial charge in [0.1, 0.15) is 18.4 Å². The third kappa shape index (κ3) is 4.79. The van der Waals surface area contributed by atoms with Gasteiger partial charge in [-0.05, 0) is 67.8 Å². The van der Waals surface area contributed by atoms with Gasteiger partial charge in [0.05, 0.1) is 28.9 Å². The molecule has 0 spiro atoms. The quantitative estimate of drug-likeness (QED) is 0.422. The van der Waals surface area contributed by atoms with E-state index < -0.39 is 12.1 Å². The van der Waals surface area contributed by atoms with Gasteiger partial charge in [0, 0.05) is 17.6 Å². The van der Waals surface area contributed by atoms with Crippen molar-refractivity contribution in [2.24, 2.45) is 0 Å². The number of nitriles is 1. The van der Waals surface area contributed by atoms with E-state index in [0.717, 1.165) is 22.2 Å². The highest BCUT2D eigenvalue weighted by Crippen LogP contribution is 2.30. The molecule has 1 saturated heterocycles. The van der Waals surface area contributed by atoms with Crippen molar-refractivity contribution >= 4 is 28.5 Å². The molecule has 9 nitrogen and oxygen atoms in total. The van der Waals surface area contributed by atoms with E-state index in [0.29, 0.717) is 35.6 Å². The lowest BCUT2D eigenvalue weighted by molar-refractivity contribution is -0.145. The van der Waals surface area contributed by atoms with Crippen LogP contribution in [0, 0.1) is 18.3 Å². The van der Waals surface area contributed by atoms with Crippen LogP contribution >= 0.6 is 0 Å². The summed E-state index contributed by atoms with van der Waals surface area (Å²) in [7, 11) is 0. The van der Waals surface area contributed by atoms with E-state index in [2.05, 4.69) is 21.5 Å². The number of nitrogens with one attached hydrogen (secondary N) is 1. The number of fused-ring (bicyclic) bond motifs is 1. The maximum atomic E-state index is 13.2. The van der Waals surface area contributed by atoms with E-state index in [1.807, 2.05) is 49.4 Å². The fraction of sp³-hybridized carbons (Fsp3) is 0.250. The van der Waals surface area contributed by atoms with E-state index >= 15 is 0 Å². The van der Waals surface area contributed by atoms with Crippen LogP contribution in [-0.2, 0) is 16.1 Å². The molecule has 37 heavy (non-hydrogen) atoms. The molecule has 5 rings (SSSR count). The van der Waals surface area contributed by atoms with E-state index in [4.69, 9.17) is 0 Å². The Labute approximate surface area is 214 Å². The summed E-state index contributed by atoms with van der Waals surface area (Å²) in [5.41, 5.74) is 4.26. The number of anilines is 1. The molecule has 2 aromatic carbocycles. The zero-order valence-corrected chi connectivity index (χ0v) is 20.5. The molecule has 1 aliphatic heterocycles. The van der Waals surface area contributed by atoms with Crippen LogP contribution in [0.3, 0.4) is 0 Å². The number of aliphatic hydroxyl groups is 1. The minimum Gasteiger partial charge on any atom is -0.387 e. The predicted octanol–water partition coefficient (Wildman–Crippen LogP) is 3.57. The highest BCUT2D eigenvalue weighted by Gasteiger charge is 2.38. The van der Waals surface area contributed by atoms with Crippen LogP contribution in [0.4, 0.5) is 5.82 Å². The van der Waals surface area contributed by atoms with Gasteiger partial charge in [-0.15, -0.1) is 0 Å². The van der Waals surface area contributed by atoms with Crippen molar-refractivity contribution in [3.05, 3.63) is 77.6 Å². The first-order chi connectivity index (χ1) is 17.8. The Bertz CT molecular complexity index is 1550. The van der Waals surface area contributed by atoms with Gasteiger partial charge < -0.3 is 15.3 Å². The van der Waals surface area contributed by atoms with Crippen LogP contribution in [0.5, 0.6) is 0 Å². The first-order valence-corrected chi connectivity index (χ1v) is 12.1. The number of carbonyl (C=O) groups excluding carboxylic acids is 2. The number of benzene rings is 2. The topological polar surface area (TPSA) is 124 Å². The Hall–Kier alpha value is -4.55. The van der Waals surface area contributed by atoms with Crippen molar-refractivity contribution < 1.29 is 14.7 Å². The Morgan fingerprint density at radius 1 is 1.16 bits per heavy atom. The van der Waals surface area contributed by atoms with E-state index in [9.17, 15) is 20.0 Å². The summed E-state index contributed by atoms with van der Waals surface area (Å²) in [6.07, 6.45) is -0.267. The summed E-state index contributed by atoms with van der Waals surface area (Å²) in [5, 5.41) is 27.7. The molecule has 2 aromatic heterocycles. The lowest BCUT2D eigenvalue weighted by Gasteiger charge is -2.39. The number of hydrogen-bond acceptors (Lipinski definition) is 6. The Kier molecular flexibility index (Phi) is 6.42. The van der Waals surface area contributed by atoms with Crippen LogP contribution in [0.25, 0.3) is 22.0 Å². The van der Waals surface area contributed by atoms with Crippen LogP contribution in [-0.4, -0.2) is 49.2 Å². The second kappa shape index (κ2) is 9.84. The molecule has 2 amide bonds. The molecule has 0 radical (unpaired) electrons. The molecule has 9 heteroatoms. The highest BCUT2D eigenvalue weighted by molar-refractivity contribution is 5.98. The van der Waals surface area contributed by atoms with Crippen LogP contribution < -0.4 is 5.32 Å². The smallest absolute Gasteiger partial charge is 0.248 e. The molecule has 4 aromatic rings. The van der Waals surface area contributed by atoms with E-state index in [1.165, 1.54) is 0 Å². The molecule has 1 aliphatic rings. The van der Waals surface area contributed by atoms with Gasteiger partial charge in [-0.2, -0.15) is 10.4 Å². The summed E-state index contributed by atoms with van der Waals surface area (Å²) < 4.78 is 1.57. The summed E-state index contributed by atoms with van der Waals surface area (Å²) in [4.78, 5) is 31.8. The third-order valence-corrected chi connectivity index (χ3v) is 6.57. The van der Waals surface area contributed by atoms with Gasteiger partial charge in [-0.3, -0.25) is 14.3 Å². The van der Waals surface area contributed by atoms with Gasteiger partial charge in [0.25, 0.3) is 0 Å². The normalized spacial score (nSPS) is 15.6. The number of aliphatic hydroxyl groups excluding tert-OH is 1. The number of aromatic nitrogens is 3. The van der Waals surface area contributed by atoms with Gasteiger partial charge in [0.2, 0.25) is 11.8 Å². The minimum absolute atomic E-state index is 0.0566. The summed E-state index contributed by atoms with van der Waals surface area (Å²) in [6, 6.07) is 19.9. The van der Waals surface area contributed by atoms with Crippen molar-refractivity contribution in [1.82, 2.24) is 19.7 Å². The summed E-state index contributed by atoms with van der Waals surface area (Å²) in [6.45, 7) is 3.90. The first-order valence-electron chi connectivity index (χ1n) is 12.1. The summed E-state index contributed by atoms with van der Waals surface area (Å²) >= 11 is 0. The highest BCUT2D eigenvalue weighted by atomic mass is 16.3. The standard InChI is InChI=1S/C28H26N6O3/c1-17-5-3-8-25(30-17)31-28(37)24-11-12-33(24)26(36)16-34-23-10-9-21(14-22(23)27(32-34)18(2)35)20-7-4-6-19(13-20)15-29/h3-10,13-14,18,24,35H,11-12,16H2,1-2H3,(H,30,31,37)/t18?,24-/m0/s1. The van der Waals surface area contributed by atoms with Crippen molar-refractivity contribution in [3.63, 3.8) is 0 Å². The van der Waals surface area contributed by atoms with Gasteiger partial charge >= 0.3 is 0 Å². The number of pyridine rings is 1. The SMILES string of the molecule is Cc1cccc(NC(=O)[C@@H]2CCN2C(=O)Cn2nc(C(C)O)c3cc(-c4cccc(C#N)c4)ccc32)n1. The molecule has 3 heterocycles. The number of rotatable bonds is 6. The average molecular weight is 495 g/mol. The zero-order valence-electron chi connectivity index (χ0n) is 20.5. The predicted molar refractivity (Wildman–Crippen MR) is 138 cm³/mol. The Morgan fingerprint density at radius 3 is 2.65 bits per heavy atom. The maximum absolute atomic E-state index is 13.2. The maximum Gasteiger partial charge on any atom is 0.248 e. The molecule has 2 atom stereocenters. The number of hydrogen-bond donors (Lipinski definition) is 2. The lowest BCUT2D eigenvalue weighted by Crippen LogP contribution is -2.57. The molecular weight excluding hydrogens is 468 g/mol. The van der Waals surface area contributed by atoms with Gasteiger partial charge in [-0.25, -0.2) is 4.98 Å². The molecule has 1 unspecified atom stereocenters. The molecule has 186 valence electrons. The second-order valence-electron chi connectivity index (χ2n) is 9.19. The number of amides is 2. The van der Waals surface area contributed by atoms with E-state index in [1.54, 1.807) is 34.7 Å². The largest absolute Gasteiger partial charge is 0.387 e. The lowest BCUT2D eigenvalue weighted by atomic mass is 10.0. The third-order valence-electron chi connectivity index (χ3n) is 6.57. The molecule has 0 saturated carbocycles. The van der Waals surface area contributed by atoms with Gasteiger partial charge in [-0.1, -0.05) is 24.3 Å². The fourth-order valence-corrected chi connectivity index (χ4v) is 4.58. The van der Waals surface area contributed by atoms with Crippen LogP contribution in [0.15, 0.2) is 60.7 Å². The fourth-order valence-electron chi connectivity index (χ4n) is 4.58. The zero-order chi connectivity index (χ0) is 26.1. The van der Waals surface area contributed by atoms with Crippen LogP contribution in [0.1, 0.15) is 36.4 Å². The van der Waals surface area contributed by atoms with Gasteiger partial charge in [0.15, 0.2) is 0 Å². The van der Waals surface area contributed by atoms with Crippen molar-refractivity contribution in [2.45, 2.75) is 39.0 Å². The molecule has 0 aliphatic carbocycles. The number of aryl methyl sites for hydroxylation is 1. The number of carbonyl (C=O) groups is 2. The first kappa shape index (κ1) is 24.2. The molecule has 0 bridgehead atoms. The van der Waals surface area contributed by atoms with Crippen molar-refractivity contribution in [3.8, 4) is 17.2 Å². The second-order valence-corrected chi connectivity index (χ2v) is 9.19. The van der Waals surface area contributed by atoms with E-state index in [-0.39, 0.29) is 18.4 Å². The summed E-state index contributed by atoms with van der Waals surface area (Å²) in [5.74, 6) is -0.0343. The Balaban J connectivity index is 1.37. The monoisotopic (exact) mass is 494 g/mol. The van der Waals surface area contributed by atoms with Crippen LogP contribution in [0.2, 0.25) is 0 Å². The average Bonchev–Trinajstić information content (AvgIpc) is 3.21. The molecule has 2 N–H and O–H groups in total. The van der Waals surface area contributed by atoms with Crippen molar-refractivity contribution in [2.75, 3.05) is 11.9 Å². The molecular formula is C28H26N6O3. The molecule has 1 fully saturated rings. The number of nitrogens with zero attached hydrogens (tertiary/aromatic N) is 5. The minimum atomic E-state index is -0.844. The van der Waals surface area contributed by atoms with Crippen molar-refractivity contribution in [1.29, 1.82) is 5.26 Å². The Morgan fingerprint density at radius 2 is 1.95 bits per heavy atom. The number of likely N-dealkylation sites (tertiary alicyclic amines) is 1.